The van der Waals surface area contributed by atoms with E-state index in [-0.39, 0.29) is 0 Å². The van der Waals surface area contributed by atoms with Crippen LogP contribution in [0.4, 0.5) is 0 Å². The molecule has 2 unspecified atom stereocenters. The molecule has 0 saturated heterocycles. The van der Waals surface area contributed by atoms with Crippen LogP contribution in [0, 0.1) is 0 Å². The van der Waals surface area contributed by atoms with Crippen LogP contribution in [0.25, 0.3) is 0 Å². The highest BCUT2D eigenvalue weighted by atomic mass is 16.5. The van der Waals surface area contributed by atoms with Gasteiger partial charge in [-0.05, 0) is 32.9 Å². The minimum Gasteiger partial charge on any atom is -0.391 e. The molecular formula is C13H28N2O3. The van der Waals surface area contributed by atoms with Crippen molar-refractivity contribution >= 4 is 0 Å². The smallest absolute Gasteiger partial charge is 0.0788 e. The van der Waals surface area contributed by atoms with Gasteiger partial charge in [-0.1, -0.05) is 6.08 Å². The lowest BCUT2D eigenvalue weighted by atomic mass is 10.2. The Kier molecular flexibility index (Phi) is 12.7. The molecule has 0 aromatic rings. The van der Waals surface area contributed by atoms with Gasteiger partial charge in [-0.3, -0.25) is 0 Å². The third-order valence-corrected chi connectivity index (χ3v) is 2.45. The summed E-state index contributed by atoms with van der Waals surface area (Å²) in [5.74, 6) is 0. The maximum absolute atomic E-state index is 9.62. The Bertz CT molecular complexity index is 191. The summed E-state index contributed by atoms with van der Waals surface area (Å²) in [6, 6.07) is 0. The molecule has 0 heterocycles. The summed E-state index contributed by atoms with van der Waals surface area (Å²) in [7, 11) is 0. The van der Waals surface area contributed by atoms with E-state index in [9.17, 15) is 10.2 Å². The standard InChI is InChI=1S/C13H28N2O3/c1-3-5-7-14-9-13(17)10-15-8-6-12(16)11-18-4-2/h3,12-17H,1,4-11H2,2H3. The molecule has 0 fully saturated rings. The van der Waals surface area contributed by atoms with E-state index in [0.717, 1.165) is 13.0 Å². The number of aliphatic hydroxyl groups is 2. The molecule has 5 heteroatoms. The average molecular weight is 260 g/mol. The third-order valence-electron chi connectivity index (χ3n) is 2.45. The zero-order chi connectivity index (χ0) is 13.6. The van der Waals surface area contributed by atoms with Gasteiger partial charge in [0, 0.05) is 19.7 Å². The highest BCUT2D eigenvalue weighted by molar-refractivity contribution is 4.69. The normalized spacial score (nSPS) is 14.4. The van der Waals surface area contributed by atoms with E-state index in [4.69, 9.17) is 4.74 Å². The number of nitrogens with one attached hydrogen (secondary N) is 2. The SMILES string of the molecule is C=CCCNCC(O)CNCCC(O)COCC. The lowest BCUT2D eigenvalue weighted by Gasteiger charge is -2.14. The Morgan fingerprint density at radius 2 is 1.83 bits per heavy atom. The van der Waals surface area contributed by atoms with Crippen LogP contribution in [-0.2, 0) is 4.74 Å². The van der Waals surface area contributed by atoms with Gasteiger partial charge in [0.2, 0.25) is 0 Å². The zero-order valence-electron chi connectivity index (χ0n) is 11.4. The summed E-state index contributed by atoms with van der Waals surface area (Å²) in [5, 5.41) is 25.4. The van der Waals surface area contributed by atoms with Gasteiger partial charge < -0.3 is 25.6 Å². The highest BCUT2D eigenvalue weighted by Crippen LogP contribution is 1.91. The van der Waals surface area contributed by atoms with E-state index in [1.54, 1.807) is 0 Å². The van der Waals surface area contributed by atoms with Crippen LogP contribution < -0.4 is 10.6 Å². The molecule has 0 radical (unpaired) electrons. The second-order valence-corrected chi connectivity index (χ2v) is 4.24. The Morgan fingerprint density at radius 1 is 1.17 bits per heavy atom. The molecule has 0 rings (SSSR count). The molecule has 0 aliphatic heterocycles. The van der Waals surface area contributed by atoms with Gasteiger partial charge in [0.05, 0.1) is 18.8 Å². The molecule has 0 aromatic heterocycles. The zero-order valence-corrected chi connectivity index (χ0v) is 11.4. The van der Waals surface area contributed by atoms with E-state index in [2.05, 4.69) is 17.2 Å². The van der Waals surface area contributed by atoms with Crippen molar-refractivity contribution < 1.29 is 14.9 Å². The van der Waals surface area contributed by atoms with Crippen LogP contribution in [0.15, 0.2) is 12.7 Å². The molecule has 2 atom stereocenters. The molecule has 0 aliphatic carbocycles. The van der Waals surface area contributed by atoms with Gasteiger partial charge in [0.15, 0.2) is 0 Å². The molecule has 0 spiro atoms. The van der Waals surface area contributed by atoms with E-state index in [0.29, 0.717) is 39.3 Å². The summed E-state index contributed by atoms with van der Waals surface area (Å²) < 4.78 is 5.10. The molecule has 0 bridgehead atoms. The molecule has 0 aliphatic rings. The number of aliphatic hydroxyl groups excluding tert-OH is 2. The third kappa shape index (κ3) is 12.0. The molecule has 0 aromatic carbocycles. The van der Waals surface area contributed by atoms with Crippen LogP contribution in [-0.4, -0.2) is 61.8 Å². The Labute approximate surface area is 110 Å². The van der Waals surface area contributed by atoms with Crippen molar-refractivity contribution in [2.24, 2.45) is 0 Å². The average Bonchev–Trinajstić information content (AvgIpc) is 2.37. The van der Waals surface area contributed by atoms with Crippen molar-refractivity contribution in [2.75, 3.05) is 39.4 Å². The first-order valence-electron chi connectivity index (χ1n) is 6.66. The molecule has 0 amide bonds. The van der Waals surface area contributed by atoms with Crippen molar-refractivity contribution in [3.8, 4) is 0 Å². The van der Waals surface area contributed by atoms with Crippen LogP contribution in [0.2, 0.25) is 0 Å². The predicted octanol–water partition coefficient (Wildman–Crippen LogP) is -0.110. The summed E-state index contributed by atoms with van der Waals surface area (Å²) in [4.78, 5) is 0. The minimum absolute atomic E-state index is 0.379. The first kappa shape index (κ1) is 17.5. The molecule has 18 heavy (non-hydrogen) atoms. The fourth-order valence-electron chi connectivity index (χ4n) is 1.42. The number of ether oxygens (including phenoxy) is 1. The minimum atomic E-state index is -0.430. The van der Waals surface area contributed by atoms with Crippen LogP contribution >= 0.6 is 0 Å². The molecule has 5 nitrogen and oxygen atoms in total. The van der Waals surface area contributed by atoms with Gasteiger partial charge in [-0.25, -0.2) is 0 Å². The fourth-order valence-corrected chi connectivity index (χ4v) is 1.42. The van der Waals surface area contributed by atoms with Crippen molar-refractivity contribution in [3.63, 3.8) is 0 Å². The van der Waals surface area contributed by atoms with E-state index in [1.165, 1.54) is 0 Å². The first-order chi connectivity index (χ1) is 8.70. The van der Waals surface area contributed by atoms with Crippen molar-refractivity contribution in [1.82, 2.24) is 10.6 Å². The van der Waals surface area contributed by atoms with E-state index < -0.39 is 12.2 Å². The molecule has 0 saturated carbocycles. The van der Waals surface area contributed by atoms with Crippen molar-refractivity contribution in [1.29, 1.82) is 0 Å². The molecular weight excluding hydrogens is 232 g/mol. The number of rotatable bonds is 13. The van der Waals surface area contributed by atoms with Crippen LogP contribution in [0.1, 0.15) is 19.8 Å². The number of hydrogen-bond donors (Lipinski definition) is 4. The Balaban J connectivity index is 3.28. The number of hydrogen-bond acceptors (Lipinski definition) is 5. The Morgan fingerprint density at radius 3 is 2.44 bits per heavy atom. The summed E-state index contributed by atoms with van der Waals surface area (Å²) >= 11 is 0. The predicted molar refractivity (Wildman–Crippen MR) is 73.7 cm³/mol. The maximum atomic E-state index is 9.62. The van der Waals surface area contributed by atoms with Gasteiger partial charge in [-0.15, -0.1) is 6.58 Å². The van der Waals surface area contributed by atoms with Crippen molar-refractivity contribution in [3.05, 3.63) is 12.7 Å². The summed E-state index contributed by atoms with van der Waals surface area (Å²) in [6.07, 6.45) is 2.55. The second kappa shape index (κ2) is 13.0. The summed E-state index contributed by atoms with van der Waals surface area (Å²) in [6.45, 7) is 9.16. The lowest BCUT2D eigenvalue weighted by molar-refractivity contribution is 0.0379. The van der Waals surface area contributed by atoms with Gasteiger partial charge in [-0.2, -0.15) is 0 Å². The monoisotopic (exact) mass is 260 g/mol. The van der Waals surface area contributed by atoms with Crippen LogP contribution in [0.3, 0.4) is 0 Å². The topological polar surface area (TPSA) is 73.8 Å². The van der Waals surface area contributed by atoms with Gasteiger partial charge in [0.1, 0.15) is 0 Å². The van der Waals surface area contributed by atoms with Crippen molar-refractivity contribution in [2.45, 2.75) is 32.0 Å². The Hall–Kier alpha value is -0.460. The van der Waals surface area contributed by atoms with Gasteiger partial charge in [0.25, 0.3) is 0 Å². The first-order valence-corrected chi connectivity index (χ1v) is 6.66. The lowest BCUT2D eigenvalue weighted by Crippen LogP contribution is -2.37. The van der Waals surface area contributed by atoms with Gasteiger partial charge >= 0.3 is 0 Å². The van der Waals surface area contributed by atoms with Crippen LogP contribution in [0.5, 0.6) is 0 Å². The highest BCUT2D eigenvalue weighted by Gasteiger charge is 2.05. The molecule has 108 valence electrons. The summed E-state index contributed by atoms with van der Waals surface area (Å²) in [5.41, 5.74) is 0. The largest absolute Gasteiger partial charge is 0.391 e. The quantitative estimate of drug-likeness (QED) is 0.275. The fraction of sp³-hybridized carbons (Fsp3) is 0.846. The maximum Gasteiger partial charge on any atom is 0.0788 e. The molecule has 4 N–H and O–H groups in total. The second-order valence-electron chi connectivity index (χ2n) is 4.24. The van der Waals surface area contributed by atoms with E-state index >= 15 is 0 Å². The van der Waals surface area contributed by atoms with E-state index in [1.807, 2.05) is 13.0 Å².